The van der Waals surface area contributed by atoms with Crippen molar-refractivity contribution in [3.8, 4) is 0 Å². The van der Waals surface area contributed by atoms with Crippen LogP contribution in [0.3, 0.4) is 0 Å². The number of anilines is 1. The number of carbonyl (C=O) groups excluding carboxylic acids is 2. The van der Waals surface area contributed by atoms with Crippen LogP contribution in [-0.2, 0) is 11.3 Å². The third kappa shape index (κ3) is 5.66. The first kappa shape index (κ1) is 21.4. The van der Waals surface area contributed by atoms with E-state index >= 15 is 0 Å². The summed E-state index contributed by atoms with van der Waals surface area (Å²) in [6.07, 6.45) is 6.65. The van der Waals surface area contributed by atoms with Crippen LogP contribution >= 0.6 is 0 Å². The molecular formula is C26H27N3O3. The molecule has 2 aromatic carbocycles. The molecule has 3 aromatic rings. The molecule has 0 unspecified atom stereocenters. The molecule has 0 bridgehead atoms. The van der Waals surface area contributed by atoms with E-state index in [0.29, 0.717) is 17.9 Å². The number of carbonyl (C=O) groups is 2. The molecule has 1 aliphatic rings. The van der Waals surface area contributed by atoms with Gasteiger partial charge < -0.3 is 20.0 Å². The number of nitrogens with one attached hydrogen (secondary N) is 2. The van der Waals surface area contributed by atoms with Gasteiger partial charge in [0.25, 0.3) is 5.91 Å². The molecule has 1 aliphatic heterocycles. The summed E-state index contributed by atoms with van der Waals surface area (Å²) >= 11 is 0. The van der Waals surface area contributed by atoms with E-state index in [1.54, 1.807) is 18.4 Å². The highest BCUT2D eigenvalue weighted by Gasteiger charge is 2.23. The Morgan fingerprint density at radius 2 is 1.72 bits per heavy atom. The van der Waals surface area contributed by atoms with E-state index in [-0.39, 0.29) is 17.9 Å². The van der Waals surface area contributed by atoms with E-state index in [2.05, 4.69) is 15.5 Å². The summed E-state index contributed by atoms with van der Waals surface area (Å²) in [6.45, 7) is 1.90. The van der Waals surface area contributed by atoms with Crippen LogP contribution in [0.4, 0.5) is 5.69 Å². The average molecular weight is 430 g/mol. The van der Waals surface area contributed by atoms with Gasteiger partial charge in [0.15, 0.2) is 0 Å². The smallest absolute Gasteiger partial charge is 0.253 e. The molecule has 0 spiro atoms. The van der Waals surface area contributed by atoms with Crippen molar-refractivity contribution in [2.45, 2.75) is 25.4 Å². The highest BCUT2D eigenvalue weighted by Crippen LogP contribution is 2.24. The molecule has 2 N–H and O–H groups in total. The number of para-hydroxylation sites is 1. The van der Waals surface area contributed by atoms with Crippen molar-refractivity contribution < 1.29 is 14.0 Å². The fraction of sp³-hybridized carbons (Fsp3) is 0.231. The number of amides is 2. The van der Waals surface area contributed by atoms with Gasteiger partial charge >= 0.3 is 0 Å². The van der Waals surface area contributed by atoms with Crippen LogP contribution < -0.4 is 15.5 Å². The Labute approximate surface area is 187 Å². The molecule has 0 aliphatic carbocycles. The molecule has 0 radical (unpaired) electrons. The SMILES string of the molecule is O=C(/C=C/c1ccccc1)NC1CCN(c2ccccc2C(=O)NCc2ccco2)CC1. The largest absolute Gasteiger partial charge is 0.467 e. The van der Waals surface area contributed by atoms with E-state index in [1.807, 2.05) is 66.7 Å². The highest BCUT2D eigenvalue weighted by molar-refractivity contribution is 5.99. The third-order valence-corrected chi connectivity index (χ3v) is 5.56. The van der Waals surface area contributed by atoms with Crippen LogP contribution in [0.1, 0.15) is 34.5 Å². The third-order valence-electron chi connectivity index (χ3n) is 5.56. The minimum absolute atomic E-state index is 0.0787. The number of piperidine rings is 1. The fourth-order valence-corrected chi connectivity index (χ4v) is 3.87. The first-order valence-corrected chi connectivity index (χ1v) is 10.9. The van der Waals surface area contributed by atoms with Crippen LogP contribution in [0.15, 0.2) is 83.5 Å². The van der Waals surface area contributed by atoms with Crippen LogP contribution in [0.5, 0.6) is 0 Å². The van der Waals surface area contributed by atoms with E-state index in [1.165, 1.54) is 0 Å². The van der Waals surface area contributed by atoms with Gasteiger partial charge in [0.2, 0.25) is 5.91 Å². The number of nitrogens with zero attached hydrogens (tertiary/aromatic N) is 1. The highest BCUT2D eigenvalue weighted by atomic mass is 16.3. The predicted molar refractivity (Wildman–Crippen MR) is 125 cm³/mol. The molecule has 1 aromatic heterocycles. The van der Waals surface area contributed by atoms with Crippen molar-refractivity contribution in [1.29, 1.82) is 0 Å². The molecule has 4 rings (SSSR count). The van der Waals surface area contributed by atoms with Crippen molar-refractivity contribution in [2.24, 2.45) is 0 Å². The zero-order chi connectivity index (χ0) is 22.2. The fourth-order valence-electron chi connectivity index (χ4n) is 3.87. The Balaban J connectivity index is 1.31. The number of hydrogen-bond donors (Lipinski definition) is 2. The first-order valence-electron chi connectivity index (χ1n) is 10.9. The van der Waals surface area contributed by atoms with E-state index < -0.39 is 0 Å². The minimum Gasteiger partial charge on any atom is -0.467 e. The van der Waals surface area contributed by atoms with Crippen molar-refractivity contribution in [3.63, 3.8) is 0 Å². The van der Waals surface area contributed by atoms with Crippen LogP contribution in [0.25, 0.3) is 6.08 Å². The van der Waals surface area contributed by atoms with Gasteiger partial charge in [0.1, 0.15) is 5.76 Å². The van der Waals surface area contributed by atoms with Crippen LogP contribution in [-0.4, -0.2) is 30.9 Å². The molecule has 6 nitrogen and oxygen atoms in total. The topological polar surface area (TPSA) is 74.6 Å². The average Bonchev–Trinajstić information content (AvgIpc) is 3.36. The van der Waals surface area contributed by atoms with Gasteiger partial charge in [-0.05, 0) is 48.7 Å². The summed E-state index contributed by atoms with van der Waals surface area (Å²) in [5, 5.41) is 6.01. The van der Waals surface area contributed by atoms with E-state index in [9.17, 15) is 9.59 Å². The molecular weight excluding hydrogens is 402 g/mol. The van der Waals surface area contributed by atoms with Gasteiger partial charge in [-0.3, -0.25) is 9.59 Å². The van der Waals surface area contributed by atoms with Crippen LogP contribution in [0, 0.1) is 0 Å². The van der Waals surface area contributed by atoms with Crippen molar-refractivity contribution >= 4 is 23.6 Å². The molecule has 1 fully saturated rings. The lowest BCUT2D eigenvalue weighted by Gasteiger charge is -2.34. The molecule has 6 heteroatoms. The van der Waals surface area contributed by atoms with Gasteiger partial charge in [-0.15, -0.1) is 0 Å². The quantitative estimate of drug-likeness (QED) is 0.557. The monoisotopic (exact) mass is 429 g/mol. The Morgan fingerprint density at radius 1 is 0.969 bits per heavy atom. The summed E-state index contributed by atoms with van der Waals surface area (Å²) in [6, 6.07) is 21.2. The van der Waals surface area contributed by atoms with Crippen molar-refractivity contribution in [3.05, 3.63) is 96.0 Å². The maximum Gasteiger partial charge on any atom is 0.253 e. The molecule has 0 atom stereocenters. The van der Waals surface area contributed by atoms with Crippen molar-refractivity contribution in [1.82, 2.24) is 10.6 Å². The summed E-state index contributed by atoms with van der Waals surface area (Å²) in [5.74, 6) is 0.511. The van der Waals surface area contributed by atoms with Gasteiger partial charge in [0.05, 0.1) is 18.4 Å². The lowest BCUT2D eigenvalue weighted by Crippen LogP contribution is -2.44. The molecule has 1 saturated heterocycles. The predicted octanol–water partition coefficient (Wildman–Crippen LogP) is 4.01. The maximum atomic E-state index is 12.8. The zero-order valence-corrected chi connectivity index (χ0v) is 17.9. The van der Waals surface area contributed by atoms with Crippen LogP contribution in [0.2, 0.25) is 0 Å². The van der Waals surface area contributed by atoms with Gasteiger partial charge in [0, 0.05) is 30.9 Å². The second-order valence-electron chi connectivity index (χ2n) is 7.79. The molecule has 2 amide bonds. The lowest BCUT2D eigenvalue weighted by atomic mass is 10.0. The summed E-state index contributed by atoms with van der Waals surface area (Å²) < 4.78 is 5.29. The number of benzene rings is 2. The molecule has 2 heterocycles. The second kappa shape index (κ2) is 10.5. The van der Waals surface area contributed by atoms with Gasteiger partial charge in [-0.25, -0.2) is 0 Å². The Kier molecular flexibility index (Phi) is 7.02. The standard InChI is InChI=1S/C26H27N3O3/c30-25(13-12-20-7-2-1-3-8-20)28-21-14-16-29(17-15-21)24-11-5-4-10-23(24)26(31)27-19-22-9-6-18-32-22/h1-13,18,21H,14-17,19H2,(H,27,31)(H,28,30)/b13-12+. The summed E-state index contributed by atoms with van der Waals surface area (Å²) in [4.78, 5) is 27.2. The molecule has 32 heavy (non-hydrogen) atoms. The summed E-state index contributed by atoms with van der Waals surface area (Å²) in [5.41, 5.74) is 2.56. The Bertz CT molecular complexity index is 1050. The van der Waals surface area contributed by atoms with Crippen molar-refractivity contribution in [2.75, 3.05) is 18.0 Å². The number of hydrogen-bond acceptors (Lipinski definition) is 4. The maximum absolute atomic E-state index is 12.8. The Hall–Kier alpha value is -3.80. The first-order chi connectivity index (χ1) is 15.7. The summed E-state index contributed by atoms with van der Waals surface area (Å²) in [7, 11) is 0. The normalized spacial score (nSPS) is 14.4. The van der Waals surface area contributed by atoms with E-state index in [4.69, 9.17) is 4.42 Å². The number of rotatable bonds is 7. The lowest BCUT2D eigenvalue weighted by molar-refractivity contribution is -0.117. The Morgan fingerprint density at radius 3 is 2.47 bits per heavy atom. The van der Waals surface area contributed by atoms with E-state index in [0.717, 1.165) is 37.2 Å². The molecule has 164 valence electrons. The molecule has 0 saturated carbocycles. The second-order valence-corrected chi connectivity index (χ2v) is 7.79. The van der Waals surface area contributed by atoms with Gasteiger partial charge in [-0.1, -0.05) is 42.5 Å². The number of furan rings is 1. The minimum atomic E-state index is -0.126. The van der Waals surface area contributed by atoms with Gasteiger partial charge in [-0.2, -0.15) is 0 Å². The zero-order valence-electron chi connectivity index (χ0n) is 17.9.